The number of nitrogens with two attached hydrogens (primary N) is 1. The van der Waals surface area contributed by atoms with Crippen molar-refractivity contribution in [1.29, 1.82) is 0 Å². The molecule has 1 aliphatic heterocycles. The zero-order valence-corrected chi connectivity index (χ0v) is 11.0. The number of rotatable bonds is 4. The molecule has 2 rings (SSSR count). The van der Waals surface area contributed by atoms with Crippen LogP contribution in [0.3, 0.4) is 0 Å². The molecule has 1 fully saturated rings. The SMILES string of the molecule is CC(N)Cc1cn(CC2CCC(C)(C)O2)cn1. The number of imidazole rings is 1. The van der Waals surface area contributed by atoms with E-state index in [2.05, 4.69) is 29.6 Å². The molecule has 4 nitrogen and oxygen atoms in total. The van der Waals surface area contributed by atoms with Gasteiger partial charge in [-0.25, -0.2) is 4.98 Å². The molecule has 0 amide bonds. The fourth-order valence-electron chi connectivity index (χ4n) is 2.38. The molecule has 1 saturated heterocycles. The van der Waals surface area contributed by atoms with E-state index < -0.39 is 0 Å². The van der Waals surface area contributed by atoms with Gasteiger partial charge < -0.3 is 15.0 Å². The molecule has 0 saturated carbocycles. The molecular formula is C13H23N3O. The van der Waals surface area contributed by atoms with Crippen molar-refractivity contribution in [1.82, 2.24) is 9.55 Å². The highest BCUT2D eigenvalue weighted by atomic mass is 16.5. The molecule has 1 aromatic rings. The maximum absolute atomic E-state index is 5.97. The van der Waals surface area contributed by atoms with Gasteiger partial charge in [0.25, 0.3) is 0 Å². The lowest BCUT2D eigenvalue weighted by Crippen LogP contribution is -2.22. The maximum atomic E-state index is 5.97. The highest BCUT2D eigenvalue weighted by Gasteiger charge is 2.31. The van der Waals surface area contributed by atoms with Crippen LogP contribution in [0.1, 0.15) is 39.3 Å². The highest BCUT2D eigenvalue weighted by Crippen LogP contribution is 2.30. The molecule has 2 heterocycles. The van der Waals surface area contributed by atoms with Gasteiger partial charge >= 0.3 is 0 Å². The first-order valence-corrected chi connectivity index (χ1v) is 6.39. The van der Waals surface area contributed by atoms with Crippen molar-refractivity contribution in [3.05, 3.63) is 18.2 Å². The van der Waals surface area contributed by atoms with E-state index in [1.807, 2.05) is 13.3 Å². The zero-order chi connectivity index (χ0) is 12.5. The summed E-state index contributed by atoms with van der Waals surface area (Å²) in [6.07, 6.45) is 7.39. The summed E-state index contributed by atoms with van der Waals surface area (Å²) in [5.74, 6) is 0. The Morgan fingerprint density at radius 2 is 2.41 bits per heavy atom. The number of ether oxygens (including phenoxy) is 1. The molecule has 1 aromatic heterocycles. The van der Waals surface area contributed by atoms with E-state index in [0.29, 0.717) is 6.10 Å². The normalized spacial score (nSPS) is 25.1. The Morgan fingerprint density at radius 3 is 3.00 bits per heavy atom. The molecule has 2 N–H and O–H groups in total. The van der Waals surface area contributed by atoms with Crippen molar-refractivity contribution < 1.29 is 4.74 Å². The minimum Gasteiger partial charge on any atom is -0.370 e. The summed E-state index contributed by atoms with van der Waals surface area (Å²) in [7, 11) is 0. The van der Waals surface area contributed by atoms with Gasteiger partial charge in [-0.05, 0) is 33.6 Å². The van der Waals surface area contributed by atoms with Crippen LogP contribution in [0.5, 0.6) is 0 Å². The molecule has 17 heavy (non-hydrogen) atoms. The molecule has 2 atom stereocenters. The molecule has 2 unspecified atom stereocenters. The van der Waals surface area contributed by atoms with Gasteiger partial charge in [-0.1, -0.05) is 0 Å². The van der Waals surface area contributed by atoms with E-state index in [4.69, 9.17) is 10.5 Å². The van der Waals surface area contributed by atoms with Gasteiger partial charge in [0, 0.05) is 25.2 Å². The number of nitrogens with zero attached hydrogens (tertiary/aromatic N) is 2. The van der Waals surface area contributed by atoms with Gasteiger partial charge in [-0.3, -0.25) is 0 Å². The number of aromatic nitrogens is 2. The fourth-order valence-corrected chi connectivity index (χ4v) is 2.38. The van der Waals surface area contributed by atoms with Crippen molar-refractivity contribution >= 4 is 0 Å². The lowest BCUT2D eigenvalue weighted by atomic mass is 10.1. The third kappa shape index (κ3) is 3.54. The average Bonchev–Trinajstić information content (AvgIpc) is 2.73. The first kappa shape index (κ1) is 12.6. The van der Waals surface area contributed by atoms with E-state index in [1.54, 1.807) is 0 Å². The predicted molar refractivity (Wildman–Crippen MR) is 67.8 cm³/mol. The highest BCUT2D eigenvalue weighted by molar-refractivity contribution is 4.99. The van der Waals surface area contributed by atoms with Gasteiger partial charge in [0.2, 0.25) is 0 Å². The second kappa shape index (κ2) is 4.78. The van der Waals surface area contributed by atoms with Crippen molar-refractivity contribution in [2.45, 2.75) is 64.3 Å². The van der Waals surface area contributed by atoms with E-state index in [-0.39, 0.29) is 11.6 Å². The van der Waals surface area contributed by atoms with Crippen LogP contribution in [0.15, 0.2) is 12.5 Å². The molecule has 0 aromatic carbocycles. The molecule has 0 radical (unpaired) electrons. The summed E-state index contributed by atoms with van der Waals surface area (Å²) in [6, 6.07) is 0.167. The van der Waals surface area contributed by atoms with Crippen LogP contribution < -0.4 is 5.73 Å². The van der Waals surface area contributed by atoms with Crippen molar-refractivity contribution in [3.8, 4) is 0 Å². The first-order chi connectivity index (χ1) is 7.94. The van der Waals surface area contributed by atoms with Crippen molar-refractivity contribution in [3.63, 3.8) is 0 Å². The Labute approximate surface area is 103 Å². The van der Waals surface area contributed by atoms with Crippen LogP contribution in [0.2, 0.25) is 0 Å². The zero-order valence-electron chi connectivity index (χ0n) is 11.0. The second-order valence-electron chi connectivity index (χ2n) is 5.78. The number of hydrogen-bond donors (Lipinski definition) is 1. The smallest absolute Gasteiger partial charge is 0.0950 e. The Morgan fingerprint density at radius 1 is 1.65 bits per heavy atom. The largest absolute Gasteiger partial charge is 0.370 e. The minimum atomic E-state index is 0.0415. The Hall–Kier alpha value is -0.870. The topological polar surface area (TPSA) is 53.1 Å². The third-order valence-corrected chi connectivity index (χ3v) is 3.19. The van der Waals surface area contributed by atoms with Crippen molar-refractivity contribution in [2.75, 3.05) is 0 Å². The Balaban J connectivity index is 1.89. The van der Waals surface area contributed by atoms with Crippen LogP contribution in [0.25, 0.3) is 0 Å². The summed E-state index contributed by atoms with van der Waals surface area (Å²) in [6.45, 7) is 7.21. The van der Waals surface area contributed by atoms with E-state index in [0.717, 1.165) is 31.5 Å². The molecule has 1 aliphatic rings. The lowest BCUT2D eigenvalue weighted by molar-refractivity contribution is -0.0217. The van der Waals surface area contributed by atoms with E-state index >= 15 is 0 Å². The molecular weight excluding hydrogens is 214 g/mol. The van der Waals surface area contributed by atoms with Gasteiger partial charge in [0.1, 0.15) is 0 Å². The maximum Gasteiger partial charge on any atom is 0.0950 e. The summed E-state index contributed by atoms with van der Waals surface area (Å²) in [4.78, 5) is 4.36. The third-order valence-electron chi connectivity index (χ3n) is 3.19. The van der Waals surface area contributed by atoms with Gasteiger partial charge in [0.15, 0.2) is 0 Å². The summed E-state index contributed by atoms with van der Waals surface area (Å²) in [5.41, 5.74) is 6.87. The van der Waals surface area contributed by atoms with Crippen LogP contribution in [-0.2, 0) is 17.7 Å². The molecule has 4 heteroatoms. The van der Waals surface area contributed by atoms with Crippen LogP contribution in [-0.4, -0.2) is 27.3 Å². The van der Waals surface area contributed by atoms with E-state index in [1.165, 1.54) is 0 Å². The van der Waals surface area contributed by atoms with Gasteiger partial charge in [0.05, 0.1) is 23.7 Å². The first-order valence-electron chi connectivity index (χ1n) is 6.39. The monoisotopic (exact) mass is 237 g/mol. The van der Waals surface area contributed by atoms with Gasteiger partial charge in [-0.15, -0.1) is 0 Å². The van der Waals surface area contributed by atoms with E-state index in [9.17, 15) is 0 Å². The van der Waals surface area contributed by atoms with Crippen LogP contribution in [0.4, 0.5) is 0 Å². The Bertz CT molecular complexity index is 370. The van der Waals surface area contributed by atoms with Gasteiger partial charge in [-0.2, -0.15) is 0 Å². The van der Waals surface area contributed by atoms with Crippen LogP contribution in [0, 0.1) is 0 Å². The molecule has 0 aliphatic carbocycles. The van der Waals surface area contributed by atoms with Crippen LogP contribution >= 0.6 is 0 Å². The van der Waals surface area contributed by atoms with Crippen molar-refractivity contribution in [2.24, 2.45) is 5.73 Å². The predicted octanol–water partition coefficient (Wildman–Crippen LogP) is 1.73. The molecule has 0 spiro atoms. The minimum absolute atomic E-state index is 0.0415. The summed E-state index contributed by atoms with van der Waals surface area (Å²) in [5, 5.41) is 0. The lowest BCUT2D eigenvalue weighted by Gasteiger charge is -2.19. The average molecular weight is 237 g/mol. The standard InChI is InChI=1S/C13H23N3O/c1-10(14)6-11-7-16(9-15-11)8-12-4-5-13(2,3)17-12/h7,9-10,12H,4-6,8,14H2,1-3H3. The molecule has 96 valence electrons. The summed E-state index contributed by atoms with van der Waals surface area (Å²) < 4.78 is 8.08. The molecule has 0 bridgehead atoms. The summed E-state index contributed by atoms with van der Waals surface area (Å²) >= 11 is 0. The Kier molecular flexibility index (Phi) is 3.54. The fraction of sp³-hybridized carbons (Fsp3) is 0.769. The second-order valence-corrected chi connectivity index (χ2v) is 5.78. The quantitative estimate of drug-likeness (QED) is 0.867. The number of hydrogen-bond acceptors (Lipinski definition) is 3.